The molecule has 3 rings (SSSR count). The number of amides is 3. The predicted molar refractivity (Wildman–Crippen MR) is 99.7 cm³/mol. The molecule has 0 bridgehead atoms. The van der Waals surface area contributed by atoms with Gasteiger partial charge in [0.05, 0.1) is 5.02 Å². The fourth-order valence-corrected chi connectivity index (χ4v) is 3.91. The zero-order valence-corrected chi connectivity index (χ0v) is 15.8. The number of piperazine rings is 1. The van der Waals surface area contributed by atoms with Crippen LogP contribution in [0, 0.1) is 17.7 Å². The first kappa shape index (κ1) is 19.6. The molecule has 1 N–H and O–H groups in total. The molecule has 6 nitrogen and oxygen atoms in total. The van der Waals surface area contributed by atoms with Gasteiger partial charge in [0.15, 0.2) is 0 Å². The van der Waals surface area contributed by atoms with E-state index >= 15 is 0 Å². The summed E-state index contributed by atoms with van der Waals surface area (Å²) in [6, 6.07) is 4.09. The van der Waals surface area contributed by atoms with Gasteiger partial charge in [-0.3, -0.25) is 14.4 Å². The lowest BCUT2D eigenvalue weighted by Gasteiger charge is -2.36. The quantitative estimate of drug-likeness (QED) is 0.796. The third-order valence-corrected chi connectivity index (χ3v) is 5.70. The van der Waals surface area contributed by atoms with Crippen molar-refractivity contribution in [3.8, 4) is 0 Å². The number of halogens is 2. The minimum atomic E-state index is -0.525. The molecule has 1 aliphatic heterocycles. The van der Waals surface area contributed by atoms with Crippen molar-refractivity contribution in [2.45, 2.75) is 25.7 Å². The molecule has 1 saturated carbocycles. The first-order chi connectivity index (χ1) is 13.0. The van der Waals surface area contributed by atoms with Crippen LogP contribution in [0.15, 0.2) is 18.2 Å². The number of rotatable bonds is 4. The Morgan fingerprint density at radius 3 is 2.30 bits per heavy atom. The van der Waals surface area contributed by atoms with E-state index in [4.69, 9.17) is 11.6 Å². The average molecular weight is 396 g/mol. The number of benzene rings is 1. The summed E-state index contributed by atoms with van der Waals surface area (Å²) in [5.41, 5.74) is 0.470. The van der Waals surface area contributed by atoms with E-state index in [0.29, 0.717) is 57.5 Å². The van der Waals surface area contributed by atoms with Gasteiger partial charge in [-0.1, -0.05) is 11.6 Å². The minimum Gasteiger partial charge on any atom is -0.342 e. The molecule has 0 spiro atoms. The Morgan fingerprint density at radius 1 is 1.07 bits per heavy atom. The smallest absolute Gasteiger partial charge is 0.227 e. The highest BCUT2D eigenvalue weighted by molar-refractivity contribution is 6.31. The largest absolute Gasteiger partial charge is 0.342 e. The molecular weight excluding hydrogens is 373 g/mol. The fraction of sp³-hybridized carbons (Fsp3) is 0.526. The van der Waals surface area contributed by atoms with Crippen molar-refractivity contribution in [1.82, 2.24) is 9.80 Å². The Balaban J connectivity index is 1.48. The second-order valence-corrected chi connectivity index (χ2v) is 7.54. The van der Waals surface area contributed by atoms with Gasteiger partial charge in [-0.2, -0.15) is 0 Å². The van der Waals surface area contributed by atoms with Crippen molar-refractivity contribution < 1.29 is 18.8 Å². The van der Waals surface area contributed by atoms with Crippen LogP contribution in [0.5, 0.6) is 0 Å². The van der Waals surface area contributed by atoms with Crippen molar-refractivity contribution in [3.63, 3.8) is 0 Å². The van der Waals surface area contributed by atoms with Crippen LogP contribution in [0.1, 0.15) is 25.7 Å². The summed E-state index contributed by atoms with van der Waals surface area (Å²) < 4.78 is 13.2. The molecule has 0 atom stereocenters. The Bertz CT molecular complexity index is 714. The molecule has 1 heterocycles. The summed E-state index contributed by atoms with van der Waals surface area (Å²) in [7, 11) is 0. The van der Waals surface area contributed by atoms with Gasteiger partial charge in [0, 0.05) is 43.7 Å². The predicted octanol–water partition coefficient (Wildman–Crippen LogP) is 2.52. The van der Waals surface area contributed by atoms with Crippen molar-refractivity contribution in [1.29, 1.82) is 0 Å². The SMILES string of the molecule is O=CN1CCN(C(=O)C2CCC(C(=O)Nc3ccc(F)c(Cl)c3)CC2)CC1. The van der Waals surface area contributed by atoms with Crippen LogP contribution >= 0.6 is 11.6 Å². The third kappa shape index (κ3) is 4.77. The molecule has 0 unspecified atom stereocenters. The van der Waals surface area contributed by atoms with E-state index in [2.05, 4.69) is 5.32 Å². The molecule has 1 aliphatic carbocycles. The van der Waals surface area contributed by atoms with Crippen LogP contribution in [0.3, 0.4) is 0 Å². The summed E-state index contributed by atoms with van der Waals surface area (Å²) in [6.45, 7) is 2.30. The molecular formula is C19H23ClFN3O3. The summed E-state index contributed by atoms with van der Waals surface area (Å²) in [5, 5.41) is 2.74. The van der Waals surface area contributed by atoms with Gasteiger partial charge < -0.3 is 15.1 Å². The highest BCUT2D eigenvalue weighted by Crippen LogP contribution is 2.31. The van der Waals surface area contributed by atoms with E-state index in [1.807, 2.05) is 4.90 Å². The molecule has 1 aromatic carbocycles. The molecule has 3 amide bonds. The highest BCUT2D eigenvalue weighted by atomic mass is 35.5. The number of nitrogens with zero attached hydrogens (tertiary/aromatic N) is 2. The lowest BCUT2D eigenvalue weighted by molar-refractivity contribution is -0.140. The molecule has 27 heavy (non-hydrogen) atoms. The minimum absolute atomic E-state index is 0.0308. The summed E-state index contributed by atoms with van der Waals surface area (Å²) in [4.78, 5) is 39.3. The molecule has 2 fully saturated rings. The zero-order chi connectivity index (χ0) is 19.4. The van der Waals surface area contributed by atoms with Crippen LogP contribution in [0.25, 0.3) is 0 Å². The van der Waals surface area contributed by atoms with E-state index in [1.165, 1.54) is 18.2 Å². The first-order valence-corrected chi connectivity index (χ1v) is 9.59. The average Bonchev–Trinajstić information content (AvgIpc) is 2.70. The Hall–Kier alpha value is -2.15. The lowest BCUT2D eigenvalue weighted by Crippen LogP contribution is -2.50. The molecule has 0 radical (unpaired) electrons. The van der Waals surface area contributed by atoms with Crippen LogP contribution in [0.2, 0.25) is 5.02 Å². The second kappa shape index (κ2) is 8.69. The third-order valence-electron chi connectivity index (χ3n) is 5.41. The number of carbonyl (C=O) groups is 3. The summed E-state index contributed by atoms with van der Waals surface area (Å²) >= 11 is 5.74. The second-order valence-electron chi connectivity index (χ2n) is 7.13. The zero-order valence-electron chi connectivity index (χ0n) is 15.0. The van der Waals surface area contributed by atoms with Crippen LogP contribution in [-0.2, 0) is 14.4 Å². The Morgan fingerprint density at radius 2 is 1.70 bits per heavy atom. The van der Waals surface area contributed by atoms with E-state index in [9.17, 15) is 18.8 Å². The fourth-order valence-electron chi connectivity index (χ4n) is 3.73. The van der Waals surface area contributed by atoms with E-state index in [1.54, 1.807) is 4.90 Å². The van der Waals surface area contributed by atoms with E-state index in [-0.39, 0.29) is 28.7 Å². The Labute approximate surface area is 162 Å². The molecule has 146 valence electrons. The van der Waals surface area contributed by atoms with Gasteiger partial charge >= 0.3 is 0 Å². The molecule has 1 saturated heterocycles. The maximum atomic E-state index is 13.2. The summed E-state index contributed by atoms with van der Waals surface area (Å²) in [6.07, 6.45) is 3.46. The van der Waals surface area contributed by atoms with E-state index in [0.717, 1.165) is 6.41 Å². The maximum Gasteiger partial charge on any atom is 0.227 e. The Kier molecular flexibility index (Phi) is 6.31. The first-order valence-electron chi connectivity index (χ1n) is 9.22. The van der Waals surface area contributed by atoms with Gasteiger partial charge in [-0.05, 0) is 43.9 Å². The van der Waals surface area contributed by atoms with Gasteiger partial charge in [0.2, 0.25) is 18.2 Å². The van der Waals surface area contributed by atoms with Crippen LogP contribution in [0.4, 0.5) is 10.1 Å². The lowest BCUT2D eigenvalue weighted by atomic mass is 9.80. The van der Waals surface area contributed by atoms with Crippen molar-refractivity contribution in [2.24, 2.45) is 11.8 Å². The van der Waals surface area contributed by atoms with E-state index < -0.39 is 5.82 Å². The van der Waals surface area contributed by atoms with Crippen molar-refractivity contribution >= 4 is 35.5 Å². The molecule has 8 heteroatoms. The number of hydrogen-bond acceptors (Lipinski definition) is 3. The van der Waals surface area contributed by atoms with Crippen LogP contribution in [-0.4, -0.2) is 54.2 Å². The number of nitrogens with one attached hydrogen (secondary N) is 1. The summed E-state index contributed by atoms with van der Waals surface area (Å²) in [5.74, 6) is -0.738. The molecule has 0 aromatic heterocycles. The van der Waals surface area contributed by atoms with Gasteiger partial charge in [-0.15, -0.1) is 0 Å². The van der Waals surface area contributed by atoms with Crippen molar-refractivity contribution in [2.75, 3.05) is 31.5 Å². The number of carbonyl (C=O) groups excluding carboxylic acids is 3. The van der Waals surface area contributed by atoms with Gasteiger partial charge in [0.25, 0.3) is 0 Å². The highest BCUT2D eigenvalue weighted by Gasteiger charge is 2.33. The van der Waals surface area contributed by atoms with Gasteiger partial charge in [0.1, 0.15) is 5.82 Å². The standard InChI is InChI=1S/C19H23ClFN3O3/c20-16-11-15(5-6-17(16)21)22-18(26)13-1-3-14(4-2-13)19(27)24-9-7-23(12-25)8-10-24/h5-6,11-14H,1-4,7-10H2,(H,22,26). The van der Waals surface area contributed by atoms with Gasteiger partial charge in [-0.25, -0.2) is 4.39 Å². The maximum absolute atomic E-state index is 13.2. The monoisotopic (exact) mass is 395 g/mol. The molecule has 2 aliphatic rings. The van der Waals surface area contributed by atoms with Crippen molar-refractivity contribution in [3.05, 3.63) is 29.0 Å². The number of hydrogen-bond donors (Lipinski definition) is 1. The normalized spacial score (nSPS) is 23.0. The topological polar surface area (TPSA) is 69.7 Å². The number of anilines is 1. The van der Waals surface area contributed by atoms with Crippen LogP contribution < -0.4 is 5.32 Å². The molecule has 1 aromatic rings.